The summed E-state index contributed by atoms with van der Waals surface area (Å²) in [7, 11) is 1.58. The molecule has 4 N–H and O–H groups in total. The van der Waals surface area contributed by atoms with Crippen LogP contribution in [0.15, 0.2) is 53.0 Å². The highest BCUT2D eigenvalue weighted by atomic mass is 79.9. The largest absolute Gasteiger partial charge is 0.497 e. The Bertz CT molecular complexity index is 684. The molecular formula is C18H21BrN2O3. The second kappa shape index (κ2) is 7.79. The van der Waals surface area contributed by atoms with Crippen molar-refractivity contribution in [2.45, 2.75) is 18.6 Å². The molecule has 2 atom stereocenters. The highest BCUT2D eigenvalue weighted by Gasteiger charge is 2.30. The van der Waals surface area contributed by atoms with Gasteiger partial charge in [-0.05, 0) is 42.3 Å². The molecule has 2 rings (SSSR count). The summed E-state index contributed by atoms with van der Waals surface area (Å²) in [6.45, 7) is 1.72. The molecule has 0 saturated carbocycles. The van der Waals surface area contributed by atoms with Gasteiger partial charge in [-0.15, -0.1) is 0 Å². The number of ether oxygens (including phenoxy) is 1. The Kier molecular flexibility index (Phi) is 5.99. The Labute approximate surface area is 150 Å². The van der Waals surface area contributed by atoms with E-state index < -0.39 is 11.6 Å². The quantitative estimate of drug-likeness (QED) is 0.704. The molecule has 0 aliphatic carbocycles. The number of aliphatic hydroxyl groups is 1. The van der Waals surface area contributed by atoms with Crippen LogP contribution in [0.3, 0.4) is 0 Å². The van der Waals surface area contributed by atoms with Gasteiger partial charge in [-0.3, -0.25) is 4.79 Å². The van der Waals surface area contributed by atoms with Gasteiger partial charge in [0.1, 0.15) is 11.3 Å². The number of methoxy groups -OCH3 is 1. The standard InChI is InChI=1S/C18H21BrN2O3/c1-18(20,13-5-7-14(19)8-6-13)17(23)21-11-16(22)12-3-9-15(24-2)10-4-12/h3-10,16,22H,11,20H2,1-2H3,(H,21,23). The molecule has 0 aromatic heterocycles. The minimum atomic E-state index is -1.18. The van der Waals surface area contributed by atoms with Crippen molar-refractivity contribution in [2.75, 3.05) is 13.7 Å². The maximum absolute atomic E-state index is 12.4. The first-order valence-corrected chi connectivity index (χ1v) is 8.29. The van der Waals surface area contributed by atoms with Crippen LogP contribution in [0.5, 0.6) is 5.75 Å². The molecular weight excluding hydrogens is 372 g/mol. The Morgan fingerprint density at radius 3 is 2.38 bits per heavy atom. The predicted molar refractivity (Wildman–Crippen MR) is 96.6 cm³/mol. The van der Waals surface area contributed by atoms with E-state index in [1.54, 1.807) is 50.4 Å². The summed E-state index contributed by atoms with van der Waals surface area (Å²) in [5, 5.41) is 12.9. The molecule has 24 heavy (non-hydrogen) atoms. The summed E-state index contributed by atoms with van der Waals surface area (Å²) >= 11 is 3.35. The highest BCUT2D eigenvalue weighted by molar-refractivity contribution is 9.10. The number of amides is 1. The van der Waals surface area contributed by atoms with E-state index in [0.717, 1.165) is 4.47 Å². The average molecular weight is 393 g/mol. The summed E-state index contributed by atoms with van der Waals surface area (Å²) in [6.07, 6.45) is -0.819. The van der Waals surface area contributed by atoms with E-state index in [9.17, 15) is 9.90 Å². The lowest BCUT2D eigenvalue weighted by Gasteiger charge is -2.25. The van der Waals surface area contributed by atoms with Gasteiger partial charge in [0.25, 0.3) is 0 Å². The summed E-state index contributed by atoms with van der Waals surface area (Å²) in [6, 6.07) is 14.3. The summed E-state index contributed by atoms with van der Waals surface area (Å²) < 4.78 is 5.99. The van der Waals surface area contributed by atoms with Crippen LogP contribution in [0.1, 0.15) is 24.2 Å². The van der Waals surface area contributed by atoms with E-state index in [2.05, 4.69) is 21.2 Å². The molecule has 6 heteroatoms. The van der Waals surface area contributed by atoms with Crippen molar-refractivity contribution in [3.05, 3.63) is 64.1 Å². The van der Waals surface area contributed by atoms with Gasteiger partial charge in [0.05, 0.1) is 13.2 Å². The van der Waals surface area contributed by atoms with Gasteiger partial charge < -0.3 is 20.9 Å². The van der Waals surface area contributed by atoms with Gasteiger partial charge >= 0.3 is 0 Å². The first-order valence-electron chi connectivity index (χ1n) is 7.50. The van der Waals surface area contributed by atoms with Crippen LogP contribution in [0.25, 0.3) is 0 Å². The van der Waals surface area contributed by atoms with Crippen LogP contribution >= 0.6 is 15.9 Å². The van der Waals surface area contributed by atoms with Crippen LogP contribution in [0.2, 0.25) is 0 Å². The first kappa shape index (κ1) is 18.4. The third-order valence-electron chi connectivity index (χ3n) is 3.87. The second-order valence-electron chi connectivity index (χ2n) is 5.71. The van der Waals surface area contributed by atoms with E-state index >= 15 is 0 Å². The highest BCUT2D eigenvalue weighted by Crippen LogP contribution is 2.21. The lowest BCUT2D eigenvalue weighted by atomic mass is 9.92. The molecule has 0 heterocycles. The molecule has 0 saturated heterocycles. The Balaban J connectivity index is 1.99. The lowest BCUT2D eigenvalue weighted by molar-refractivity contribution is -0.126. The van der Waals surface area contributed by atoms with E-state index in [1.807, 2.05) is 12.1 Å². The van der Waals surface area contributed by atoms with Gasteiger partial charge in [0.2, 0.25) is 5.91 Å². The van der Waals surface area contributed by atoms with Crippen LogP contribution in [-0.4, -0.2) is 24.7 Å². The number of aliphatic hydroxyl groups excluding tert-OH is 1. The number of carbonyl (C=O) groups excluding carboxylic acids is 1. The molecule has 1 amide bonds. The minimum Gasteiger partial charge on any atom is -0.497 e. The fraction of sp³-hybridized carbons (Fsp3) is 0.278. The van der Waals surface area contributed by atoms with Gasteiger partial charge in [-0.1, -0.05) is 40.2 Å². The molecule has 0 fully saturated rings. The molecule has 0 spiro atoms. The van der Waals surface area contributed by atoms with Crippen molar-refractivity contribution >= 4 is 21.8 Å². The van der Waals surface area contributed by atoms with Crippen LogP contribution in [-0.2, 0) is 10.3 Å². The van der Waals surface area contributed by atoms with Gasteiger partial charge in [0.15, 0.2) is 0 Å². The zero-order chi connectivity index (χ0) is 17.7. The van der Waals surface area contributed by atoms with E-state index in [0.29, 0.717) is 16.9 Å². The smallest absolute Gasteiger partial charge is 0.244 e. The van der Waals surface area contributed by atoms with Crippen molar-refractivity contribution in [3.63, 3.8) is 0 Å². The summed E-state index contributed by atoms with van der Waals surface area (Å²) in [5.41, 5.74) is 6.38. The summed E-state index contributed by atoms with van der Waals surface area (Å²) in [5.74, 6) is 0.358. The normalized spacial score (nSPS) is 14.5. The molecule has 0 aliphatic rings. The van der Waals surface area contributed by atoms with Crippen molar-refractivity contribution in [2.24, 2.45) is 5.73 Å². The van der Waals surface area contributed by atoms with E-state index in [4.69, 9.17) is 10.5 Å². The Hall–Kier alpha value is -1.89. The fourth-order valence-electron chi connectivity index (χ4n) is 2.24. The first-order chi connectivity index (χ1) is 11.3. The van der Waals surface area contributed by atoms with Crippen molar-refractivity contribution in [3.8, 4) is 5.75 Å². The molecule has 0 bridgehead atoms. The third kappa shape index (κ3) is 4.35. The van der Waals surface area contributed by atoms with E-state index in [-0.39, 0.29) is 12.5 Å². The van der Waals surface area contributed by atoms with Crippen molar-refractivity contribution in [1.82, 2.24) is 5.32 Å². The molecule has 5 nitrogen and oxygen atoms in total. The van der Waals surface area contributed by atoms with E-state index in [1.165, 1.54) is 0 Å². The fourth-order valence-corrected chi connectivity index (χ4v) is 2.51. The number of hydrogen-bond donors (Lipinski definition) is 3. The second-order valence-corrected chi connectivity index (χ2v) is 6.62. The van der Waals surface area contributed by atoms with Crippen molar-refractivity contribution < 1.29 is 14.6 Å². The molecule has 0 aliphatic heterocycles. The maximum atomic E-state index is 12.4. The van der Waals surface area contributed by atoms with Crippen LogP contribution in [0, 0.1) is 0 Å². The molecule has 128 valence electrons. The molecule has 2 unspecified atom stereocenters. The SMILES string of the molecule is COc1ccc(C(O)CNC(=O)C(C)(N)c2ccc(Br)cc2)cc1. The number of nitrogens with one attached hydrogen (secondary N) is 1. The minimum absolute atomic E-state index is 0.0779. The van der Waals surface area contributed by atoms with Gasteiger partial charge in [-0.2, -0.15) is 0 Å². The zero-order valence-corrected chi connectivity index (χ0v) is 15.2. The number of halogens is 1. The molecule has 2 aromatic carbocycles. The molecule has 0 radical (unpaired) electrons. The third-order valence-corrected chi connectivity index (χ3v) is 4.40. The Morgan fingerprint density at radius 2 is 1.83 bits per heavy atom. The van der Waals surface area contributed by atoms with Crippen molar-refractivity contribution in [1.29, 1.82) is 0 Å². The topological polar surface area (TPSA) is 84.6 Å². The number of carbonyl (C=O) groups is 1. The number of benzene rings is 2. The predicted octanol–water partition coefficient (Wildman–Crippen LogP) is 2.48. The lowest BCUT2D eigenvalue weighted by Crippen LogP contribution is -2.49. The number of rotatable bonds is 6. The van der Waals surface area contributed by atoms with Gasteiger partial charge in [0, 0.05) is 11.0 Å². The number of hydrogen-bond acceptors (Lipinski definition) is 4. The van der Waals surface area contributed by atoms with Gasteiger partial charge in [-0.25, -0.2) is 0 Å². The van der Waals surface area contributed by atoms with Crippen LogP contribution < -0.4 is 15.8 Å². The van der Waals surface area contributed by atoms with Crippen LogP contribution in [0.4, 0.5) is 0 Å². The number of nitrogens with two attached hydrogens (primary N) is 1. The zero-order valence-electron chi connectivity index (χ0n) is 13.6. The Morgan fingerprint density at radius 1 is 1.25 bits per heavy atom. The summed E-state index contributed by atoms with van der Waals surface area (Å²) in [4.78, 5) is 12.4. The molecule has 2 aromatic rings. The average Bonchev–Trinajstić information content (AvgIpc) is 2.59. The monoisotopic (exact) mass is 392 g/mol. The maximum Gasteiger partial charge on any atom is 0.244 e.